The topological polar surface area (TPSA) is 45.4 Å². The largest absolute Gasteiger partial charge is 0.618 e. The van der Waals surface area contributed by atoms with Gasteiger partial charge in [0.05, 0.1) is 15.6 Å². The molecule has 1 rings (SSSR count). The van der Waals surface area contributed by atoms with Gasteiger partial charge >= 0.3 is 0 Å². The van der Waals surface area contributed by atoms with E-state index < -0.39 is 6.17 Å². The first kappa shape index (κ1) is 5.24. The third-order valence-electron chi connectivity index (χ3n) is 1.39. The zero-order valence-corrected chi connectivity index (χ0v) is 6.88. The van der Waals surface area contributed by atoms with Gasteiger partial charge in [-0.2, -0.15) is 4.73 Å². The molecule has 0 unspecified atom stereocenters. The van der Waals surface area contributed by atoms with Crippen LogP contribution in [0.15, 0.2) is 12.2 Å². The summed E-state index contributed by atoms with van der Waals surface area (Å²) in [5, 5.41) is 11.4. The van der Waals surface area contributed by atoms with E-state index >= 15 is 0 Å². The molecular weight excluding hydrogens is 158 g/mol. The highest BCUT2D eigenvalue weighted by molar-refractivity contribution is 5.39. The van der Waals surface area contributed by atoms with Gasteiger partial charge in [-0.05, 0) is 0 Å². The second-order valence-corrected chi connectivity index (χ2v) is 2.04. The van der Waals surface area contributed by atoms with Crippen LogP contribution < -0.4 is 14.2 Å². The van der Waals surface area contributed by atoms with Crippen molar-refractivity contribution in [1.82, 2.24) is 0 Å². The molecule has 66 valence electrons. The van der Waals surface area contributed by atoms with Crippen molar-refractivity contribution in [2.24, 2.45) is 0 Å². The minimum Gasteiger partial charge on any atom is -0.618 e. The Bertz CT molecular complexity index is 353. The SMILES string of the molecule is [2H]Cc1c(OC)c(OC)c([2H])c([2H])[n+]1[O-]. The number of hydrogen-bond acceptors (Lipinski definition) is 3. The van der Waals surface area contributed by atoms with Crippen LogP contribution in [0.3, 0.4) is 0 Å². The number of nitrogens with zero attached hydrogens (tertiary/aromatic N) is 1. The average molecular weight is 172 g/mol. The second kappa shape index (κ2) is 3.30. The Balaban J connectivity index is 3.59. The Kier molecular flexibility index (Phi) is 1.44. The van der Waals surface area contributed by atoms with E-state index in [1.807, 2.05) is 0 Å². The molecule has 0 N–H and O–H groups in total. The van der Waals surface area contributed by atoms with Crippen LogP contribution in [-0.2, 0) is 0 Å². The minimum absolute atomic E-state index is 0.0110. The standard InChI is InChI=1S/C8H11NO3/c1-6-8(12-3)7(11-2)4-5-9(6)10/h4-5H,1-3H3/i1D,4D,5D. The van der Waals surface area contributed by atoms with Crippen molar-refractivity contribution in [2.45, 2.75) is 6.90 Å². The normalized spacial score (nSPS) is 13.0. The third-order valence-corrected chi connectivity index (χ3v) is 1.39. The molecule has 0 aliphatic carbocycles. The molecule has 0 fully saturated rings. The fourth-order valence-corrected chi connectivity index (χ4v) is 0.803. The van der Waals surface area contributed by atoms with Gasteiger partial charge in [-0.15, -0.1) is 0 Å². The number of ether oxygens (including phenoxy) is 2. The fourth-order valence-electron chi connectivity index (χ4n) is 0.803. The first-order valence-electron chi connectivity index (χ1n) is 4.92. The monoisotopic (exact) mass is 172 g/mol. The maximum atomic E-state index is 11.4. The Morgan fingerprint density at radius 3 is 2.83 bits per heavy atom. The highest BCUT2D eigenvalue weighted by Gasteiger charge is 2.13. The smallest absolute Gasteiger partial charge is 0.235 e. The molecule has 0 atom stereocenters. The molecule has 1 aromatic heterocycles. The summed E-state index contributed by atoms with van der Waals surface area (Å²) in [6.07, 6.45) is -0.546. The summed E-state index contributed by atoms with van der Waals surface area (Å²) < 4.78 is 32.0. The first-order chi connectivity index (χ1) is 7.08. The molecule has 0 saturated carbocycles. The molecule has 0 aliphatic rings. The van der Waals surface area contributed by atoms with Crippen LogP contribution in [0.25, 0.3) is 0 Å². The molecule has 12 heavy (non-hydrogen) atoms. The number of pyridine rings is 1. The zero-order valence-electron chi connectivity index (χ0n) is 9.88. The van der Waals surface area contributed by atoms with Gasteiger partial charge in [-0.3, -0.25) is 0 Å². The molecule has 4 nitrogen and oxygen atoms in total. The maximum Gasteiger partial charge on any atom is 0.235 e. The molecule has 0 aromatic carbocycles. The van der Waals surface area contributed by atoms with Gasteiger partial charge in [0.2, 0.25) is 11.4 Å². The lowest BCUT2D eigenvalue weighted by atomic mass is 10.3. The number of methoxy groups -OCH3 is 2. The zero-order chi connectivity index (χ0) is 11.6. The van der Waals surface area contributed by atoms with Gasteiger partial charge in [-0.1, -0.05) is 0 Å². The van der Waals surface area contributed by atoms with Crippen molar-refractivity contribution < 1.29 is 18.3 Å². The van der Waals surface area contributed by atoms with Gasteiger partial charge in [0.25, 0.3) is 0 Å². The molecule has 0 amide bonds. The Morgan fingerprint density at radius 1 is 1.58 bits per heavy atom. The number of rotatable bonds is 2. The highest BCUT2D eigenvalue weighted by atomic mass is 16.5. The first-order valence-corrected chi connectivity index (χ1v) is 3.21. The van der Waals surface area contributed by atoms with Crippen molar-refractivity contribution in [3.05, 3.63) is 23.1 Å². The van der Waals surface area contributed by atoms with Gasteiger partial charge in [0, 0.05) is 14.3 Å². The van der Waals surface area contributed by atoms with Crippen LogP contribution in [0.1, 0.15) is 9.81 Å². The summed E-state index contributed by atoms with van der Waals surface area (Å²) in [5.74, 6) is 0.0559. The predicted octanol–water partition coefficient (Wildman–Crippen LogP) is 0.646. The van der Waals surface area contributed by atoms with Crippen LogP contribution in [0, 0.1) is 12.1 Å². The van der Waals surface area contributed by atoms with E-state index in [9.17, 15) is 5.21 Å². The summed E-state index contributed by atoms with van der Waals surface area (Å²) >= 11 is 0. The molecule has 1 aromatic rings. The lowest BCUT2D eigenvalue weighted by Gasteiger charge is -2.09. The van der Waals surface area contributed by atoms with Crippen molar-refractivity contribution in [2.75, 3.05) is 14.2 Å². The predicted molar refractivity (Wildman–Crippen MR) is 43.2 cm³/mol. The van der Waals surface area contributed by atoms with Crippen LogP contribution >= 0.6 is 0 Å². The van der Waals surface area contributed by atoms with E-state index in [1.165, 1.54) is 14.2 Å². The lowest BCUT2D eigenvalue weighted by molar-refractivity contribution is -0.612. The van der Waals surface area contributed by atoms with E-state index in [2.05, 4.69) is 0 Å². The maximum absolute atomic E-state index is 11.4. The van der Waals surface area contributed by atoms with E-state index in [4.69, 9.17) is 13.6 Å². The van der Waals surface area contributed by atoms with E-state index in [1.54, 1.807) is 0 Å². The van der Waals surface area contributed by atoms with Crippen LogP contribution in [0.4, 0.5) is 0 Å². The summed E-state index contributed by atoms with van der Waals surface area (Å²) in [6.45, 7) is -0.338. The fraction of sp³-hybridized carbons (Fsp3) is 0.375. The molecule has 0 aliphatic heterocycles. The quantitative estimate of drug-likeness (QED) is 0.486. The minimum atomic E-state index is -0.546. The summed E-state index contributed by atoms with van der Waals surface area (Å²) in [4.78, 5) is 0. The van der Waals surface area contributed by atoms with E-state index in [0.29, 0.717) is 0 Å². The number of hydrogen-bond donors (Lipinski definition) is 0. The molecule has 0 saturated heterocycles. The second-order valence-electron chi connectivity index (χ2n) is 2.04. The Hall–Kier alpha value is -1.45. The molecule has 0 radical (unpaired) electrons. The van der Waals surface area contributed by atoms with Crippen molar-refractivity contribution in [3.8, 4) is 11.5 Å². The summed E-state index contributed by atoms with van der Waals surface area (Å²) in [7, 11) is 2.64. The van der Waals surface area contributed by atoms with E-state index in [0.717, 1.165) is 0 Å². The molecule has 0 spiro atoms. The van der Waals surface area contributed by atoms with Gasteiger partial charge < -0.3 is 14.7 Å². The van der Waals surface area contributed by atoms with Gasteiger partial charge in [-0.25, -0.2) is 0 Å². The highest BCUT2D eigenvalue weighted by Crippen LogP contribution is 2.26. The van der Waals surface area contributed by atoms with Gasteiger partial charge in [0.15, 0.2) is 11.9 Å². The van der Waals surface area contributed by atoms with Crippen molar-refractivity contribution in [3.63, 3.8) is 0 Å². The molecular formula is C8H11NO3. The summed E-state index contributed by atoms with van der Waals surface area (Å²) in [6, 6.07) is -0.346. The van der Waals surface area contributed by atoms with Crippen molar-refractivity contribution in [1.29, 1.82) is 0 Å². The molecule has 0 bridgehead atoms. The Labute approximate surface area is 75.1 Å². The summed E-state index contributed by atoms with van der Waals surface area (Å²) in [5.41, 5.74) is -0.0321. The average Bonchev–Trinajstić information content (AvgIpc) is 2.25. The van der Waals surface area contributed by atoms with Crippen molar-refractivity contribution >= 4 is 0 Å². The van der Waals surface area contributed by atoms with Crippen LogP contribution in [-0.4, -0.2) is 14.2 Å². The Morgan fingerprint density at radius 2 is 2.33 bits per heavy atom. The molecule has 4 heteroatoms. The lowest BCUT2D eigenvalue weighted by Crippen LogP contribution is -2.29. The van der Waals surface area contributed by atoms with Gasteiger partial charge in [0.1, 0.15) is 1.37 Å². The molecule has 1 heterocycles. The van der Waals surface area contributed by atoms with Crippen LogP contribution in [0.2, 0.25) is 0 Å². The third kappa shape index (κ3) is 1.28. The van der Waals surface area contributed by atoms with E-state index in [-0.39, 0.29) is 34.9 Å². The number of aromatic nitrogens is 1. The van der Waals surface area contributed by atoms with Crippen LogP contribution in [0.5, 0.6) is 11.5 Å².